The molecule has 4 aromatic carbocycles. The van der Waals surface area contributed by atoms with Crippen molar-refractivity contribution in [1.82, 2.24) is 10.3 Å². The van der Waals surface area contributed by atoms with Gasteiger partial charge in [0.15, 0.2) is 11.5 Å². The number of amides is 1. The number of benzene rings is 4. The van der Waals surface area contributed by atoms with E-state index in [4.69, 9.17) is 18.9 Å². The molecule has 0 radical (unpaired) electrons. The van der Waals surface area contributed by atoms with E-state index in [2.05, 4.69) is 22.1 Å². The first-order valence-corrected chi connectivity index (χ1v) is 14.0. The molecule has 0 aliphatic heterocycles. The number of para-hydroxylation sites is 1. The van der Waals surface area contributed by atoms with E-state index in [1.54, 1.807) is 40.6 Å². The van der Waals surface area contributed by atoms with Gasteiger partial charge in [0.2, 0.25) is 5.75 Å². The molecule has 5 rings (SSSR count). The van der Waals surface area contributed by atoms with Gasteiger partial charge in [0.25, 0.3) is 5.91 Å². The molecular weight excluding hydrogens is 556 g/mol. The highest BCUT2D eigenvalue weighted by Gasteiger charge is 2.19. The Bertz CT molecular complexity index is 1810. The second-order valence-electron chi connectivity index (χ2n) is 10.1. The van der Waals surface area contributed by atoms with Crippen molar-refractivity contribution in [2.45, 2.75) is 12.5 Å². The number of aliphatic hydroxyl groups excluding tert-OH is 1. The molecule has 1 heterocycles. The second kappa shape index (κ2) is 13.7. The monoisotopic (exact) mass is 590 g/mol. The second-order valence-corrected chi connectivity index (χ2v) is 10.1. The Hall–Kier alpha value is -5.39. The van der Waals surface area contributed by atoms with Gasteiger partial charge in [0, 0.05) is 33.8 Å². The minimum Gasteiger partial charge on any atom is -0.497 e. The van der Waals surface area contributed by atoms with E-state index in [1.165, 1.54) is 0 Å². The number of aliphatic hydroxyl groups is 1. The number of hydrogen-bond donors (Lipinski definition) is 3. The molecule has 0 aliphatic carbocycles. The van der Waals surface area contributed by atoms with E-state index in [0.717, 1.165) is 38.9 Å². The summed E-state index contributed by atoms with van der Waals surface area (Å²) in [6.45, 7) is -0.220. The Balaban J connectivity index is 1.51. The zero-order valence-electron chi connectivity index (χ0n) is 25.1. The molecule has 5 aromatic rings. The van der Waals surface area contributed by atoms with Crippen LogP contribution in [0.5, 0.6) is 23.0 Å². The van der Waals surface area contributed by atoms with E-state index in [1.807, 2.05) is 72.9 Å². The summed E-state index contributed by atoms with van der Waals surface area (Å²) in [7, 11) is 6.27. The third kappa shape index (κ3) is 6.64. The molecule has 0 aliphatic rings. The molecule has 1 amide bonds. The number of hydrogen-bond acceptors (Lipinski definition) is 6. The Labute approximate surface area is 256 Å². The molecule has 0 saturated heterocycles. The summed E-state index contributed by atoms with van der Waals surface area (Å²) in [4.78, 5) is 16.9. The SMILES string of the molecule is COc1ccc(C#Cc2cc(C(=O)N[C@@H](CO)Cc3c[nH]c4ccccc34)cc(-c3cc(OC)c(OC)c(OC)c3)c2)cc1. The number of aromatic amines is 1. The lowest BCUT2D eigenvalue weighted by atomic mass is 9.98. The number of fused-ring (bicyclic) bond motifs is 1. The van der Waals surface area contributed by atoms with Crippen LogP contribution in [-0.2, 0) is 6.42 Å². The van der Waals surface area contributed by atoms with Crippen LogP contribution in [0.25, 0.3) is 22.0 Å². The highest BCUT2D eigenvalue weighted by atomic mass is 16.5. The summed E-state index contributed by atoms with van der Waals surface area (Å²) < 4.78 is 21.9. The van der Waals surface area contributed by atoms with Gasteiger partial charge in [0.05, 0.1) is 41.1 Å². The average Bonchev–Trinajstić information content (AvgIpc) is 3.48. The molecule has 0 bridgehead atoms. The number of aromatic nitrogens is 1. The lowest BCUT2D eigenvalue weighted by molar-refractivity contribution is 0.0916. The van der Waals surface area contributed by atoms with Crippen molar-refractivity contribution in [3.63, 3.8) is 0 Å². The van der Waals surface area contributed by atoms with Crippen molar-refractivity contribution in [2.24, 2.45) is 0 Å². The first kappa shape index (κ1) is 30.1. The Morgan fingerprint density at radius 2 is 1.50 bits per heavy atom. The van der Waals surface area contributed by atoms with Crippen molar-refractivity contribution in [2.75, 3.05) is 35.0 Å². The molecule has 0 saturated carbocycles. The summed E-state index contributed by atoms with van der Waals surface area (Å²) >= 11 is 0. The summed E-state index contributed by atoms with van der Waals surface area (Å²) in [5.41, 5.74) is 5.32. The van der Waals surface area contributed by atoms with Crippen molar-refractivity contribution >= 4 is 16.8 Å². The van der Waals surface area contributed by atoms with Crippen LogP contribution in [0.1, 0.15) is 27.0 Å². The van der Waals surface area contributed by atoms with Gasteiger partial charge in [-0.15, -0.1) is 0 Å². The smallest absolute Gasteiger partial charge is 0.251 e. The highest BCUT2D eigenvalue weighted by molar-refractivity contribution is 5.96. The lowest BCUT2D eigenvalue weighted by Gasteiger charge is -2.17. The Morgan fingerprint density at radius 3 is 2.16 bits per heavy atom. The third-order valence-electron chi connectivity index (χ3n) is 7.33. The van der Waals surface area contributed by atoms with Crippen molar-refractivity contribution < 1.29 is 28.8 Å². The summed E-state index contributed by atoms with van der Waals surface area (Å²) in [6, 6.07) is 24.0. The standard InChI is InChI=1S/C36H34N2O6/c1-41-30-13-11-23(12-14-30)9-10-24-15-25(26-19-33(42-2)35(44-4)34(20-26)43-3)17-27(16-24)36(40)38-29(22-39)18-28-21-37-32-8-6-5-7-31(28)32/h5-8,11-17,19-21,29,37,39H,18,22H2,1-4H3,(H,38,40)/t29-/m1/s1. The fourth-order valence-electron chi connectivity index (χ4n) is 5.06. The molecule has 8 heteroatoms. The van der Waals surface area contributed by atoms with Crippen LogP contribution in [0.2, 0.25) is 0 Å². The summed E-state index contributed by atoms with van der Waals surface area (Å²) in [5, 5.41) is 14.3. The topological polar surface area (TPSA) is 102 Å². The predicted octanol–water partition coefficient (Wildman–Crippen LogP) is 5.60. The first-order valence-electron chi connectivity index (χ1n) is 14.0. The van der Waals surface area contributed by atoms with Crippen LogP contribution < -0.4 is 24.3 Å². The Kier molecular flexibility index (Phi) is 9.38. The molecule has 0 spiro atoms. The van der Waals surface area contributed by atoms with Gasteiger partial charge in [-0.05, 0) is 83.8 Å². The average molecular weight is 591 g/mol. The molecule has 0 fully saturated rings. The van der Waals surface area contributed by atoms with Gasteiger partial charge in [-0.3, -0.25) is 4.79 Å². The predicted molar refractivity (Wildman–Crippen MR) is 171 cm³/mol. The molecule has 8 nitrogen and oxygen atoms in total. The number of carbonyl (C=O) groups excluding carboxylic acids is 1. The number of methoxy groups -OCH3 is 4. The largest absolute Gasteiger partial charge is 0.497 e. The molecular formula is C36H34N2O6. The third-order valence-corrected chi connectivity index (χ3v) is 7.33. The zero-order chi connectivity index (χ0) is 31.1. The summed E-state index contributed by atoms with van der Waals surface area (Å²) in [5.74, 6) is 8.22. The maximum Gasteiger partial charge on any atom is 0.251 e. The van der Waals surface area contributed by atoms with E-state index in [-0.39, 0.29) is 12.5 Å². The maximum atomic E-state index is 13.7. The number of H-pyrrole nitrogens is 1. The normalized spacial score (nSPS) is 11.3. The fraction of sp³-hybridized carbons (Fsp3) is 0.194. The van der Waals surface area contributed by atoms with Gasteiger partial charge in [-0.1, -0.05) is 30.0 Å². The van der Waals surface area contributed by atoms with E-state index in [9.17, 15) is 9.90 Å². The minimum atomic E-state index is -0.500. The number of ether oxygens (including phenoxy) is 4. The zero-order valence-corrected chi connectivity index (χ0v) is 25.1. The quantitative estimate of drug-likeness (QED) is 0.183. The Morgan fingerprint density at radius 1 is 0.818 bits per heavy atom. The van der Waals surface area contributed by atoms with Crippen LogP contribution in [0.3, 0.4) is 0 Å². The van der Waals surface area contributed by atoms with E-state index in [0.29, 0.717) is 34.8 Å². The number of carbonyl (C=O) groups is 1. The first-order chi connectivity index (χ1) is 21.5. The molecule has 3 N–H and O–H groups in total. The van der Waals surface area contributed by atoms with E-state index >= 15 is 0 Å². The van der Waals surface area contributed by atoms with Crippen LogP contribution in [-0.4, -0.2) is 57.1 Å². The van der Waals surface area contributed by atoms with Gasteiger partial charge in [-0.25, -0.2) is 0 Å². The van der Waals surface area contributed by atoms with Gasteiger partial charge < -0.3 is 34.4 Å². The van der Waals surface area contributed by atoms with E-state index < -0.39 is 6.04 Å². The van der Waals surface area contributed by atoms with Gasteiger partial charge in [0.1, 0.15) is 5.75 Å². The van der Waals surface area contributed by atoms with Crippen molar-refractivity contribution in [3.05, 3.63) is 107 Å². The lowest BCUT2D eigenvalue weighted by Crippen LogP contribution is -2.39. The van der Waals surface area contributed by atoms with Crippen molar-refractivity contribution in [1.29, 1.82) is 0 Å². The molecule has 0 unspecified atom stereocenters. The number of nitrogens with one attached hydrogen (secondary N) is 2. The van der Waals surface area contributed by atoms with Crippen LogP contribution in [0.15, 0.2) is 85.1 Å². The highest BCUT2D eigenvalue weighted by Crippen LogP contribution is 2.41. The molecule has 44 heavy (non-hydrogen) atoms. The van der Waals surface area contributed by atoms with Gasteiger partial charge in [-0.2, -0.15) is 0 Å². The van der Waals surface area contributed by atoms with Crippen molar-refractivity contribution in [3.8, 4) is 46.0 Å². The summed E-state index contributed by atoms with van der Waals surface area (Å²) in [6.07, 6.45) is 2.38. The van der Waals surface area contributed by atoms with Gasteiger partial charge >= 0.3 is 0 Å². The van der Waals surface area contributed by atoms with Crippen LogP contribution in [0, 0.1) is 11.8 Å². The molecule has 1 atom stereocenters. The molecule has 224 valence electrons. The molecule has 1 aromatic heterocycles. The number of rotatable bonds is 10. The van der Waals surface area contributed by atoms with Crippen LogP contribution in [0.4, 0.5) is 0 Å². The van der Waals surface area contributed by atoms with Crippen LogP contribution >= 0.6 is 0 Å². The minimum absolute atomic E-state index is 0.220. The fourth-order valence-corrected chi connectivity index (χ4v) is 5.06. The maximum absolute atomic E-state index is 13.7.